The molecule has 0 saturated carbocycles. The van der Waals surface area contributed by atoms with E-state index in [1.165, 1.54) is 0 Å². The highest BCUT2D eigenvalue weighted by Crippen LogP contribution is 2.35. The molecule has 1 aliphatic heterocycles. The highest BCUT2D eigenvalue weighted by atomic mass is 16.6. The fourth-order valence-corrected chi connectivity index (χ4v) is 2.00. The highest BCUT2D eigenvalue weighted by molar-refractivity contribution is 5.87. The molecule has 3 N–H and O–H groups in total. The predicted molar refractivity (Wildman–Crippen MR) is 73.4 cm³/mol. The molecule has 0 aromatic heterocycles. The smallest absolute Gasteiger partial charge is 0.412 e. The van der Waals surface area contributed by atoms with E-state index in [4.69, 9.17) is 15.2 Å². The lowest BCUT2D eigenvalue weighted by Gasteiger charge is -2.20. The summed E-state index contributed by atoms with van der Waals surface area (Å²) in [6.07, 6.45) is 0.353. The lowest BCUT2D eigenvalue weighted by atomic mass is 10.1. The van der Waals surface area contributed by atoms with Crippen LogP contribution in [0.4, 0.5) is 10.5 Å². The molecule has 1 aromatic carbocycles. The molecular weight excluding hydrogens is 244 g/mol. The molecule has 2 rings (SSSR count). The molecule has 0 bridgehead atoms. The van der Waals surface area contributed by atoms with E-state index in [9.17, 15) is 4.79 Å². The van der Waals surface area contributed by atoms with Crippen molar-refractivity contribution in [2.24, 2.45) is 5.73 Å². The predicted octanol–water partition coefficient (Wildman–Crippen LogP) is 2.43. The Bertz CT molecular complexity index is 492. The molecule has 5 heteroatoms. The summed E-state index contributed by atoms with van der Waals surface area (Å²) >= 11 is 0. The monoisotopic (exact) mass is 264 g/mol. The Hall–Kier alpha value is -1.75. The lowest BCUT2D eigenvalue weighted by molar-refractivity contribution is 0.0635. The molecule has 1 amide bonds. The third kappa shape index (κ3) is 3.38. The molecule has 1 heterocycles. The van der Waals surface area contributed by atoms with E-state index in [1.54, 1.807) is 0 Å². The van der Waals surface area contributed by atoms with Crippen molar-refractivity contribution in [1.82, 2.24) is 0 Å². The summed E-state index contributed by atoms with van der Waals surface area (Å²) in [6, 6.07) is 3.84. The second-order valence-corrected chi connectivity index (χ2v) is 5.56. The van der Waals surface area contributed by atoms with Crippen LogP contribution in [0.1, 0.15) is 31.9 Å². The fourth-order valence-electron chi connectivity index (χ4n) is 2.00. The van der Waals surface area contributed by atoms with E-state index in [1.807, 2.05) is 32.9 Å². The van der Waals surface area contributed by atoms with Gasteiger partial charge in [0.25, 0.3) is 0 Å². The van der Waals surface area contributed by atoms with E-state index >= 15 is 0 Å². The number of fused-ring (bicyclic) bond motifs is 1. The van der Waals surface area contributed by atoms with Crippen LogP contribution < -0.4 is 15.8 Å². The number of carbonyl (C=O) groups is 1. The van der Waals surface area contributed by atoms with Crippen molar-refractivity contribution in [3.63, 3.8) is 0 Å². The van der Waals surface area contributed by atoms with Crippen LogP contribution in [0, 0.1) is 0 Å². The molecule has 0 saturated heterocycles. The van der Waals surface area contributed by atoms with Crippen LogP contribution in [0.2, 0.25) is 0 Å². The van der Waals surface area contributed by atoms with Gasteiger partial charge in [0.15, 0.2) is 0 Å². The van der Waals surface area contributed by atoms with Crippen LogP contribution in [-0.4, -0.2) is 18.3 Å². The number of nitrogens with two attached hydrogens (primary N) is 1. The zero-order valence-electron chi connectivity index (χ0n) is 11.6. The summed E-state index contributed by atoms with van der Waals surface area (Å²) < 4.78 is 10.8. The van der Waals surface area contributed by atoms with Crippen molar-refractivity contribution < 1.29 is 14.3 Å². The molecule has 0 spiro atoms. The first-order chi connectivity index (χ1) is 8.89. The van der Waals surface area contributed by atoms with Gasteiger partial charge in [0.05, 0.1) is 12.3 Å². The average molecular weight is 264 g/mol. The van der Waals surface area contributed by atoms with Gasteiger partial charge in [0.2, 0.25) is 0 Å². The maximum Gasteiger partial charge on any atom is 0.412 e. The number of rotatable bonds is 2. The third-order valence-electron chi connectivity index (χ3n) is 2.71. The largest absolute Gasteiger partial charge is 0.491 e. The average Bonchev–Trinajstić information content (AvgIpc) is 2.74. The number of carbonyl (C=O) groups excluding carboxylic acids is 1. The molecule has 1 aliphatic rings. The maximum absolute atomic E-state index is 11.8. The van der Waals surface area contributed by atoms with Gasteiger partial charge in [0, 0.05) is 13.0 Å². The molecule has 0 aliphatic carbocycles. The first kappa shape index (κ1) is 13.7. The van der Waals surface area contributed by atoms with Crippen LogP contribution in [0.3, 0.4) is 0 Å². The van der Waals surface area contributed by atoms with Crippen molar-refractivity contribution in [2.75, 3.05) is 11.9 Å². The fraction of sp³-hybridized carbons (Fsp3) is 0.500. The van der Waals surface area contributed by atoms with Crippen LogP contribution in [-0.2, 0) is 17.7 Å². The zero-order valence-corrected chi connectivity index (χ0v) is 11.6. The quantitative estimate of drug-likeness (QED) is 0.860. The topological polar surface area (TPSA) is 73.6 Å². The number of ether oxygens (including phenoxy) is 2. The van der Waals surface area contributed by atoms with Crippen molar-refractivity contribution >= 4 is 11.8 Å². The molecule has 1 aromatic rings. The second kappa shape index (κ2) is 5.09. The van der Waals surface area contributed by atoms with Gasteiger partial charge in [-0.2, -0.15) is 0 Å². The summed E-state index contributed by atoms with van der Waals surface area (Å²) in [5.74, 6) is 0.725. The van der Waals surface area contributed by atoms with Crippen molar-refractivity contribution in [3.8, 4) is 5.75 Å². The second-order valence-electron chi connectivity index (χ2n) is 5.56. The van der Waals surface area contributed by atoms with E-state index in [-0.39, 0.29) is 0 Å². The van der Waals surface area contributed by atoms with Gasteiger partial charge in [-0.15, -0.1) is 0 Å². The van der Waals surface area contributed by atoms with Crippen LogP contribution in [0.25, 0.3) is 0 Å². The van der Waals surface area contributed by atoms with E-state index in [2.05, 4.69) is 5.32 Å². The Balaban J connectivity index is 2.20. The molecular formula is C14H20N2O3. The Morgan fingerprint density at radius 3 is 2.84 bits per heavy atom. The van der Waals surface area contributed by atoms with E-state index < -0.39 is 11.7 Å². The van der Waals surface area contributed by atoms with Crippen molar-refractivity contribution in [1.29, 1.82) is 0 Å². The lowest BCUT2D eigenvalue weighted by Crippen LogP contribution is -2.27. The van der Waals surface area contributed by atoms with Gasteiger partial charge >= 0.3 is 6.09 Å². The Morgan fingerprint density at radius 2 is 2.21 bits per heavy atom. The van der Waals surface area contributed by atoms with Gasteiger partial charge in [0.1, 0.15) is 11.4 Å². The minimum absolute atomic E-state index is 0.427. The minimum atomic E-state index is -0.528. The van der Waals surface area contributed by atoms with Gasteiger partial charge < -0.3 is 15.2 Å². The van der Waals surface area contributed by atoms with Gasteiger partial charge in [-0.3, -0.25) is 5.32 Å². The molecule has 0 unspecified atom stereocenters. The summed E-state index contributed by atoms with van der Waals surface area (Å²) in [5, 5.41) is 2.73. The van der Waals surface area contributed by atoms with Gasteiger partial charge in [-0.1, -0.05) is 6.07 Å². The van der Waals surface area contributed by atoms with E-state index in [0.29, 0.717) is 18.8 Å². The molecule has 0 fully saturated rings. The Morgan fingerprint density at radius 1 is 1.47 bits per heavy atom. The van der Waals surface area contributed by atoms with Crippen LogP contribution >= 0.6 is 0 Å². The SMILES string of the molecule is CC(C)(C)OC(=O)Nc1cc(CN)cc2c1OCC2. The molecule has 104 valence electrons. The number of nitrogens with one attached hydrogen (secondary N) is 1. The molecule has 0 atom stereocenters. The highest BCUT2D eigenvalue weighted by Gasteiger charge is 2.21. The first-order valence-electron chi connectivity index (χ1n) is 6.38. The standard InChI is InChI=1S/C14H20N2O3/c1-14(2,3)19-13(17)16-11-7-9(8-15)6-10-4-5-18-12(10)11/h6-7H,4-5,8,15H2,1-3H3,(H,16,17). The van der Waals surface area contributed by atoms with Gasteiger partial charge in [-0.25, -0.2) is 4.79 Å². The maximum atomic E-state index is 11.8. The number of hydrogen-bond donors (Lipinski definition) is 2. The summed E-state index contributed by atoms with van der Waals surface area (Å²) in [4.78, 5) is 11.8. The Labute approximate surface area is 113 Å². The molecule has 19 heavy (non-hydrogen) atoms. The first-order valence-corrected chi connectivity index (χ1v) is 6.38. The summed E-state index contributed by atoms with van der Waals surface area (Å²) in [7, 11) is 0. The van der Waals surface area contributed by atoms with Crippen LogP contribution in [0.5, 0.6) is 5.75 Å². The number of benzene rings is 1. The third-order valence-corrected chi connectivity index (χ3v) is 2.71. The number of amides is 1. The summed E-state index contributed by atoms with van der Waals surface area (Å²) in [6.45, 7) is 6.53. The normalized spacial score (nSPS) is 13.7. The van der Waals surface area contributed by atoms with Gasteiger partial charge in [-0.05, 0) is 38.0 Å². The van der Waals surface area contributed by atoms with Crippen LogP contribution in [0.15, 0.2) is 12.1 Å². The minimum Gasteiger partial charge on any atom is -0.491 e. The number of anilines is 1. The molecule has 0 radical (unpaired) electrons. The number of hydrogen-bond acceptors (Lipinski definition) is 4. The van der Waals surface area contributed by atoms with Crippen molar-refractivity contribution in [2.45, 2.75) is 39.3 Å². The summed E-state index contributed by atoms with van der Waals surface area (Å²) in [5.41, 5.74) is 7.81. The Kier molecular flexibility index (Phi) is 3.66. The molecule has 5 nitrogen and oxygen atoms in total. The van der Waals surface area contributed by atoms with Crippen molar-refractivity contribution in [3.05, 3.63) is 23.3 Å². The van der Waals surface area contributed by atoms with E-state index in [0.717, 1.165) is 23.3 Å². The zero-order chi connectivity index (χ0) is 14.0.